The van der Waals surface area contributed by atoms with Crippen molar-refractivity contribution in [3.8, 4) is 11.8 Å². The first-order valence-corrected chi connectivity index (χ1v) is 7.32. The predicted octanol–water partition coefficient (Wildman–Crippen LogP) is 4.35. The highest BCUT2D eigenvalue weighted by Gasteiger charge is 2.11. The Morgan fingerprint density at radius 2 is 2.38 bits per heavy atom. The van der Waals surface area contributed by atoms with E-state index in [1.165, 1.54) is 15.8 Å². The van der Waals surface area contributed by atoms with Crippen LogP contribution in [0.5, 0.6) is 0 Å². The van der Waals surface area contributed by atoms with Gasteiger partial charge in [-0.1, -0.05) is 6.92 Å². The van der Waals surface area contributed by atoms with Gasteiger partial charge in [-0.25, -0.2) is 0 Å². The van der Waals surface area contributed by atoms with Crippen LogP contribution in [0.25, 0.3) is 0 Å². The molecule has 1 aromatic rings. The van der Waals surface area contributed by atoms with Crippen LogP contribution in [0.4, 0.5) is 0 Å². The maximum Gasteiger partial charge on any atom is 0.0424 e. The second-order valence-corrected chi connectivity index (χ2v) is 5.50. The van der Waals surface area contributed by atoms with Crippen molar-refractivity contribution in [1.82, 2.24) is 5.32 Å². The van der Waals surface area contributed by atoms with Crippen molar-refractivity contribution in [3.05, 3.63) is 20.8 Å². The molecule has 88 valence electrons. The Kier molecular flexibility index (Phi) is 6.79. The van der Waals surface area contributed by atoms with E-state index in [0.29, 0.717) is 6.04 Å². The summed E-state index contributed by atoms with van der Waals surface area (Å²) in [4.78, 5) is 1.40. The Hall–Kier alpha value is -0.300. The molecule has 0 saturated heterocycles. The zero-order valence-corrected chi connectivity index (χ0v) is 12.2. The van der Waals surface area contributed by atoms with Crippen molar-refractivity contribution in [2.45, 2.75) is 39.2 Å². The highest BCUT2D eigenvalue weighted by atomic mass is 79.9. The van der Waals surface area contributed by atoms with Gasteiger partial charge in [0.05, 0.1) is 0 Å². The van der Waals surface area contributed by atoms with Crippen molar-refractivity contribution in [2.75, 3.05) is 6.54 Å². The Balaban J connectivity index is 2.57. The summed E-state index contributed by atoms with van der Waals surface area (Å²) in [6.07, 6.45) is 3.23. The van der Waals surface area contributed by atoms with Gasteiger partial charge in [-0.15, -0.1) is 23.2 Å². The number of halogens is 1. The molecule has 0 spiro atoms. The molecule has 1 atom stereocenters. The van der Waals surface area contributed by atoms with Gasteiger partial charge in [0.25, 0.3) is 0 Å². The normalized spacial score (nSPS) is 11.9. The first-order chi connectivity index (χ1) is 7.77. The van der Waals surface area contributed by atoms with E-state index in [1.54, 1.807) is 0 Å². The van der Waals surface area contributed by atoms with Crippen molar-refractivity contribution in [3.63, 3.8) is 0 Å². The Bertz CT molecular complexity index is 361. The lowest BCUT2D eigenvalue weighted by Gasteiger charge is -2.15. The SMILES string of the molecule is CC#CCCC(NCCC)c1cc(Br)cs1. The highest BCUT2D eigenvalue weighted by molar-refractivity contribution is 9.10. The fraction of sp³-hybridized carbons (Fsp3) is 0.538. The van der Waals surface area contributed by atoms with Crippen LogP contribution in [-0.4, -0.2) is 6.54 Å². The third kappa shape index (κ3) is 4.69. The third-order valence-electron chi connectivity index (χ3n) is 2.31. The third-order valence-corrected chi connectivity index (χ3v) is 4.11. The quantitative estimate of drug-likeness (QED) is 0.770. The minimum Gasteiger partial charge on any atom is -0.309 e. The summed E-state index contributed by atoms with van der Waals surface area (Å²) in [5.74, 6) is 6.09. The molecule has 1 unspecified atom stereocenters. The maximum atomic E-state index is 3.58. The van der Waals surface area contributed by atoms with E-state index < -0.39 is 0 Å². The molecule has 0 saturated carbocycles. The minimum atomic E-state index is 0.456. The molecule has 1 rings (SSSR count). The van der Waals surface area contributed by atoms with Crippen molar-refractivity contribution in [1.29, 1.82) is 0 Å². The van der Waals surface area contributed by atoms with E-state index in [9.17, 15) is 0 Å². The van der Waals surface area contributed by atoms with Crippen LogP contribution in [0.3, 0.4) is 0 Å². The topological polar surface area (TPSA) is 12.0 Å². The van der Waals surface area contributed by atoms with Crippen molar-refractivity contribution >= 4 is 27.3 Å². The molecular weight excluding hydrogens is 282 g/mol. The molecule has 0 amide bonds. The number of hydrogen-bond donors (Lipinski definition) is 1. The summed E-state index contributed by atoms with van der Waals surface area (Å²) in [6, 6.07) is 2.66. The maximum absolute atomic E-state index is 3.58. The summed E-state index contributed by atoms with van der Waals surface area (Å²) in [5, 5.41) is 5.72. The fourth-order valence-corrected chi connectivity index (χ4v) is 3.07. The molecule has 1 nitrogen and oxygen atoms in total. The molecular formula is C13H18BrNS. The molecule has 0 radical (unpaired) electrons. The lowest BCUT2D eigenvalue weighted by molar-refractivity contribution is 0.512. The summed E-state index contributed by atoms with van der Waals surface area (Å²) in [7, 11) is 0. The van der Waals surface area contributed by atoms with Crippen molar-refractivity contribution < 1.29 is 0 Å². The average Bonchev–Trinajstić information content (AvgIpc) is 2.70. The number of nitrogens with one attached hydrogen (secondary N) is 1. The Morgan fingerprint density at radius 1 is 1.56 bits per heavy atom. The molecule has 0 aliphatic rings. The lowest BCUT2D eigenvalue weighted by atomic mass is 10.1. The van der Waals surface area contributed by atoms with Crippen LogP contribution in [0.2, 0.25) is 0 Å². The number of rotatable bonds is 6. The van der Waals surface area contributed by atoms with Gasteiger partial charge < -0.3 is 5.32 Å². The van der Waals surface area contributed by atoms with Gasteiger partial charge in [-0.2, -0.15) is 0 Å². The van der Waals surface area contributed by atoms with Gasteiger partial charge >= 0.3 is 0 Å². The van der Waals surface area contributed by atoms with Crippen LogP contribution in [-0.2, 0) is 0 Å². The van der Waals surface area contributed by atoms with E-state index in [4.69, 9.17) is 0 Å². The van der Waals surface area contributed by atoms with Crippen LogP contribution in [0.1, 0.15) is 44.0 Å². The fourth-order valence-electron chi connectivity index (χ4n) is 1.52. The number of thiophene rings is 1. The zero-order chi connectivity index (χ0) is 11.8. The molecule has 0 fully saturated rings. The smallest absolute Gasteiger partial charge is 0.0424 e. The summed E-state index contributed by atoms with van der Waals surface area (Å²) in [5.41, 5.74) is 0. The van der Waals surface area contributed by atoms with Crippen LogP contribution < -0.4 is 5.32 Å². The van der Waals surface area contributed by atoms with E-state index >= 15 is 0 Å². The molecule has 16 heavy (non-hydrogen) atoms. The van der Waals surface area contributed by atoms with E-state index in [0.717, 1.165) is 19.4 Å². The second-order valence-electron chi connectivity index (χ2n) is 3.64. The molecule has 1 aromatic heterocycles. The van der Waals surface area contributed by atoms with E-state index in [2.05, 4.69) is 51.5 Å². The predicted molar refractivity (Wildman–Crippen MR) is 75.7 cm³/mol. The van der Waals surface area contributed by atoms with Gasteiger partial charge in [-0.05, 0) is 48.3 Å². The minimum absolute atomic E-state index is 0.456. The lowest BCUT2D eigenvalue weighted by Crippen LogP contribution is -2.21. The molecule has 3 heteroatoms. The van der Waals surface area contributed by atoms with E-state index in [-0.39, 0.29) is 0 Å². The Labute approximate surface area is 111 Å². The van der Waals surface area contributed by atoms with Gasteiger partial charge in [0.15, 0.2) is 0 Å². The van der Waals surface area contributed by atoms with Crippen LogP contribution in [0.15, 0.2) is 15.9 Å². The van der Waals surface area contributed by atoms with Gasteiger partial charge in [0, 0.05) is 27.2 Å². The molecule has 0 aromatic carbocycles. The monoisotopic (exact) mass is 299 g/mol. The van der Waals surface area contributed by atoms with Crippen LogP contribution in [0, 0.1) is 11.8 Å². The van der Waals surface area contributed by atoms with Gasteiger partial charge in [-0.3, -0.25) is 0 Å². The molecule has 0 bridgehead atoms. The molecule has 1 N–H and O–H groups in total. The standard InChI is InChI=1S/C13H18BrNS/c1-3-5-6-7-12(15-8-4-2)13-9-11(14)10-16-13/h9-10,12,15H,4,6-8H2,1-2H3. The largest absolute Gasteiger partial charge is 0.309 e. The zero-order valence-electron chi connectivity index (χ0n) is 9.85. The average molecular weight is 300 g/mol. The van der Waals surface area contributed by atoms with Crippen LogP contribution >= 0.6 is 27.3 Å². The highest BCUT2D eigenvalue weighted by Crippen LogP contribution is 2.28. The summed E-state index contributed by atoms with van der Waals surface area (Å²) >= 11 is 5.31. The summed E-state index contributed by atoms with van der Waals surface area (Å²) < 4.78 is 1.18. The van der Waals surface area contributed by atoms with Gasteiger partial charge in [0.1, 0.15) is 0 Å². The summed E-state index contributed by atoms with van der Waals surface area (Å²) in [6.45, 7) is 5.16. The van der Waals surface area contributed by atoms with Gasteiger partial charge in [0.2, 0.25) is 0 Å². The molecule has 0 aliphatic carbocycles. The first-order valence-electron chi connectivity index (χ1n) is 5.64. The number of hydrogen-bond acceptors (Lipinski definition) is 2. The first kappa shape index (κ1) is 13.8. The molecule has 1 heterocycles. The Morgan fingerprint density at radius 3 is 2.94 bits per heavy atom. The second kappa shape index (κ2) is 7.89. The molecule has 0 aliphatic heterocycles. The van der Waals surface area contributed by atoms with Crippen molar-refractivity contribution in [2.24, 2.45) is 0 Å². The van der Waals surface area contributed by atoms with E-state index in [1.807, 2.05) is 18.3 Å².